The van der Waals surface area contributed by atoms with Crippen molar-refractivity contribution in [1.29, 1.82) is 0 Å². The molecule has 2 N–H and O–H groups in total. The van der Waals surface area contributed by atoms with Crippen LogP contribution in [0.4, 0.5) is 4.79 Å². The molecule has 0 saturated heterocycles. The number of hydrogen-bond acceptors (Lipinski definition) is 2. The molecule has 0 unspecified atom stereocenters. The summed E-state index contributed by atoms with van der Waals surface area (Å²) >= 11 is 0. The number of nitrogens with zero attached hydrogens (tertiary/aromatic N) is 1. The summed E-state index contributed by atoms with van der Waals surface area (Å²) in [7, 11) is 0. The lowest BCUT2D eigenvalue weighted by Gasteiger charge is -2.35. The SMILES string of the molecule is C[C@H](NC(=O)NC1=CCN(C(C)(C)C)C=C1)c1ccccc1. The molecule has 0 aliphatic carbocycles. The largest absolute Gasteiger partial charge is 0.369 e. The Kier molecular flexibility index (Phi) is 4.91. The molecular weight excluding hydrogens is 274 g/mol. The molecule has 1 aliphatic heterocycles. The quantitative estimate of drug-likeness (QED) is 0.896. The lowest BCUT2D eigenvalue weighted by Crippen LogP contribution is -2.41. The highest BCUT2D eigenvalue weighted by atomic mass is 16.2. The maximum atomic E-state index is 12.1. The Morgan fingerprint density at radius 2 is 1.91 bits per heavy atom. The number of carbonyl (C=O) groups is 1. The van der Waals surface area contributed by atoms with E-state index in [2.05, 4.69) is 36.3 Å². The van der Waals surface area contributed by atoms with E-state index in [1.54, 1.807) is 0 Å². The predicted molar refractivity (Wildman–Crippen MR) is 90.2 cm³/mol. The topological polar surface area (TPSA) is 44.4 Å². The van der Waals surface area contributed by atoms with Gasteiger partial charge in [-0.25, -0.2) is 4.79 Å². The summed E-state index contributed by atoms with van der Waals surface area (Å²) in [5.41, 5.74) is 2.01. The first-order chi connectivity index (χ1) is 10.4. The summed E-state index contributed by atoms with van der Waals surface area (Å²) in [5.74, 6) is 0. The number of nitrogens with one attached hydrogen (secondary N) is 2. The molecule has 2 rings (SSSR count). The van der Waals surface area contributed by atoms with Crippen molar-refractivity contribution >= 4 is 6.03 Å². The number of urea groups is 1. The normalized spacial score (nSPS) is 16.0. The van der Waals surface area contributed by atoms with Crippen molar-refractivity contribution in [2.75, 3.05) is 6.54 Å². The van der Waals surface area contributed by atoms with Crippen LogP contribution in [0.1, 0.15) is 39.3 Å². The number of rotatable bonds is 3. The molecule has 1 aromatic rings. The molecule has 4 nitrogen and oxygen atoms in total. The van der Waals surface area contributed by atoms with Crippen LogP contribution in [0.25, 0.3) is 0 Å². The van der Waals surface area contributed by atoms with E-state index >= 15 is 0 Å². The Balaban J connectivity index is 1.86. The Bertz CT molecular complexity index is 570. The molecule has 1 aliphatic rings. The second kappa shape index (κ2) is 6.69. The maximum Gasteiger partial charge on any atom is 0.319 e. The van der Waals surface area contributed by atoms with E-state index in [0.29, 0.717) is 0 Å². The minimum atomic E-state index is -0.184. The van der Waals surface area contributed by atoms with Gasteiger partial charge in [-0.15, -0.1) is 0 Å². The first-order valence-corrected chi connectivity index (χ1v) is 7.64. The summed E-state index contributed by atoms with van der Waals surface area (Å²) in [4.78, 5) is 14.3. The molecule has 0 radical (unpaired) electrons. The van der Waals surface area contributed by atoms with Crippen molar-refractivity contribution in [1.82, 2.24) is 15.5 Å². The number of allylic oxidation sites excluding steroid dienone is 1. The Morgan fingerprint density at radius 1 is 1.23 bits per heavy atom. The molecule has 0 bridgehead atoms. The van der Waals surface area contributed by atoms with Crippen LogP contribution in [-0.2, 0) is 0 Å². The first-order valence-electron chi connectivity index (χ1n) is 7.64. The van der Waals surface area contributed by atoms with Crippen LogP contribution in [0.15, 0.2) is 54.4 Å². The van der Waals surface area contributed by atoms with Gasteiger partial charge in [-0.3, -0.25) is 0 Å². The number of amides is 2. The highest BCUT2D eigenvalue weighted by molar-refractivity contribution is 5.77. The standard InChI is InChI=1S/C18H25N3O/c1-14(15-8-6-5-7-9-15)19-17(22)20-16-10-12-21(13-11-16)18(2,3)4/h5-12,14H,13H2,1-4H3,(H2,19,20,22)/t14-/m0/s1. The van der Waals surface area contributed by atoms with Crippen molar-refractivity contribution in [3.63, 3.8) is 0 Å². The molecule has 4 heteroatoms. The van der Waals surface area contributed by atoms with E-state index in [1.165, 1.54) is 0 Å². The van der Waals surface area contributed by atoms with Crippen molar-refractivity contribution in [2.24, 2.45) is 0 Å². The van der Waals surface area contributed by atoms with Gasteiger partial charge < -0.3 is 15.5 Å². The second-order valence-electron chi connectivity index (χ2n) is 6.53. The molecule has 0 saturated carbocycles. The third kappa shape index (κ3) is 4.38. The second-order valence-corrected chi connectivity index (χ2v) is 6.53. The van der Waals surface area contributed by atoms with Crippen molar-refractivity contribution in [3.8, 4) is 0 Å². The third-order valence-electron chi connectivity index (χ3n) is 3.71. The van der Waals surface area contributed by atoms with E-state index in [9.17, 15) is 4.79 Å². The zero-order chi connectivity index (χ0) is 16.2. The maximum absolute atomic E-state index is 12.1. The van der Waals surface area contributed by atoms with Crippen molar-refractivity contribution in [2.45, 2.75) is 39.3 Å². The van der Waals surface area contributed by atoms with E-state index in [0.717, 1.165) is 17.8 Å². The molecule has 0 spiro atoms. The molecule has 118 valence electrons. The molecule has 2 amide bonds. The van der Waals surface area contributed by atoms with Crippen LogP contribution in [0, 0.1) is 0 Å². The smallest absolute Gasteiger partial charge is 0.319 e. The number of carbonyl (C=O) groups excluding carboxylic acids is 1. The Morgan fingerprint density at radius 3 is 2.45 bits per heavy atom. The molecule has 1 atom stereocenters. The molecule has 0 fully saturated rings. The van der Waals surface area contributed by atoms with Gasteiger partial charge in [0.2, 0.25) is 0 Å². The Labute approximate surface area is 132 Å². The average Bonchev–Trinajstić information content (AvgIpc) is 2.47. The fourth-order valence-corrected chi connectivity index (χ4v) is 2.27. The minimum Gasteiger partial charge on any atom is -0.369 e. The van der Waals surface area contributed by atoms with Gasteiger partial charge >= 0.3 is 6.03 Å². The van der Waals surface area contributed by atoms with Gasteiger partial charge in [0.15, 0.2) is 0 Å². The molecule has 1 aromatic carbocycles. The van der Waals surface area contributed by atoms with E-state index in [-0.39, 0.29) is 17.6 Å². The molecule has 1 heterocycles. The number of benzene rings is 1. The van der Waals surface area contributed by atoms with Gasteiger partial charge in [0.05, 0.1) is 6.04 Å². The number of hydrogen-bond donors (Lipinski definition) is 2. The van der Waals surface area contributed by atoms with Gasteiger partial charge in [0, 0.05) is 24.0 Å². The van der Waals surface area contributed by atoms with Gasteiger partial charge in [0.25, 0.3) is 0 Å². The summed E-state index contributed by atoms with van der Waals surface area (Å²) in [6, 6.07) is 9.71. The molecular formula is C18H25N3O. The lowest BCUT2D eigenvalue weighted by atomic mass is 10.1. The predicted octanol–water partition coefficient (Wildman–Crippen LogP) is 3.56. The summed E-state index contributed by atoms with van der Waals surface area (Å²) in [5, 5.41) is 5.84. The van der Waals surface area contributed by atoms with E-state index in [4.69, 9.17) is 0 Å². The van der Waals surface area contributed by atoms with Gasteiger partial charge in [-0.05, 0) is 45.4 Å². The highest BCUT2D eigenvalue weighted by Crippen LogP contribution is 2.17. The summed E-state index contributed by atoms with van der Waals surface area (Å²) < 4.78 is 0. The van der Waals surface area contributed by atoms with Crippen molar-refractivity contribution < 1.29 is 4.79 Å². The minimum absolute atomic E-state index is 0.0274. The molecule has 0 aromatic heterocycles. The fourth-order valence-electron chi connectivity index (χ4n) is 2.27. The van der Waals surface area contributed by atoms with Crippen LogP contribution in [0.5, 0.6) is 0 Å². The molecule has 22 heavy (non-hydrogen) atoms. The average molecular weight is 299 g/mol. The fraction of sp³-hybridized carbons (Fsp3) is 0.389. The van der Waals surface area contributed by atoms with Crippen LogP contribution in [0.3, 0.4) is 0 Å². The first kappa shape index (κ1) is 16.1. The van der Waals surface area contributed by atoms with Crippen LogP contribution in [0.2, 0.25) is 0 Å². The van der Waals surface area contributed by atoms with Gasteiger partial charge in [0.1, 0.15) is 0 Å². The zero-order valence-electron chi connectivity index (χ0n) is 13.8. The van der Waals surface area contributed by atoms with Crippen LogP contribution in [-0.4, -0.2) is 23.0 Å². The van der Waals surface area contributed by atoms with Crippen LogP contribution >= 0.6 is 0 Å². The third-order valence-corrected chi connectivity index (χ3v) is 3.71. The van der Waals surface area contributed by atoms with E-state index < -0.39 is 0 Å². The monoisotopic (exact) mass is 299 g/mol. The summed E-state index contributed by atoms with van der Waals surface area (Å²) in [6.45, 7) is 9.26. The summed E-state index contributed by atoms with van der Waals surface area (Å²) in [6.07, 6.45) is 5.98. The lowest BCUT2D eigenvalue weighted by molar-refractivity contribution is 0.222. The Hall–Kier alpha value is -2.23. The zero-order valence-corrected chi connectivity index (χ0v) is 13.8. The van der Waals surface area contributed by atoms with E-state index in [1.807, 2.05) is 55.6 Å². The van der Waals surface area contributed by atoms with Crippen LogP contribution < -0.4 is 10.6 Å². The van der Waals surface area contributed by atoms with Crippen molar-refractivity contribution in [3.05, 3.63) is 59.9 Å². The van der Waals surface area contributed by atoms with Gasteiger partial charge in [-0.1, -0.05) is 30.3 Å². The van der Waals surface area contributed by atoms with Gasteiger partial charge in [-0.2, -0.15) is 0 Å². The highest BCUT2D eigenvalue weighted by Gasteiger charge is 2.19.